The first kappa shape index (κ1) is 13.0. The van der Waals surface area contributed by atoms with Gasteiger partial charge in [0.25, 0.3) is 5.91 Å². The Labute approximate surface area is 104 Å². The maximum atomic E-state index is 12.0. The van der Waals surface area contributed by atoms with Gasteiger partial charge in [-0.2, -0.15) is 0 Å². The summed E-state index contributed by atoms with van der Waals surface area (Å²) in [7, 11) is 0. The Bertz CT molecular complexity index is 379. The molecule has 0 aliphatic carbocycles. The molecule has 0 fully saturated rings. The number of alkyl halides is 1. The smallest absolute Gasteiger partial charge is 0.257 e. The quantitative estimate of drug-likeness (QED) is 0.864. The number of carbonyl (C=O) groups excluding carboxylic acids is 1. The molecule has 0 heterocycles. The van der Waals surface area contributed by atoms with E-state index in [1.54, 1.807) is 17.0 Å². The van der Waals surface area contributed by atoms with Crippen LogP contribution in [0.25, 0.3) is 0 Å². The van der Waals surface area contributed by atoms with Gasteiger partial charge in [0.05, 0.1) is 5.56 Å². The lowest BCUT2D eigenvalue weighted by Crippen LogP contribution is -2.32. The van der Waals surface area contributed by atoms with E-state index in [9.17, 15) is 9.90 Å². The van der Waals surface area contributed by atoms with Gasteiger partial charge < -0.3 is 10.0 Å². The number of hydrogen-bond donors (Lipinski definition) is 1. The number of aryl methyl sites for hydroxylation is 1. The molecule has 0 aromatic heterocycles. The number of rotatable bonds is 4. The van der Waals surface area contributed by atoms with E-state index in [2.05, 4.69) is 15.9 Å². The van der Waals surface area contributed by atoms with E-state index in [-0.39, 0.29) is 11.7 Å². The molecule has 0 atom stereocenters. The van der Waals surface area contributed by atoms with Crippen LogP contribution in [0, 0.1) is 6.92 Å². The van der Waals surface area contributed by atoms with Crippen molar-refractivity contribution in [2.24, 2.45) is 0 Å². The minimum atomic E-state index is -0.126. The molecule has 1 aromatic carbocycles. The van der Waals surface area contributed by atoms with Gasteiger partial charge >= 0.3 is 0 Å². The minimum absolute atomic E-state index is 0.0537. The van der Waals surface area contributed by atoms with Crippen LogP contribution in [0.3, 0.4) is 0 Å². The van der Waals surface area contributed by atoms with Crippen LogP contribution < -0.4 is 0 Å². The van der Waals surface area contributed by atoms with Crippen LogP contribution in [-0.2, 0) is 0 Å². The molecule has 0 bridgehead atoms. The lowest BCUT2D eigenvalue weighted by atomic mass is 10.1. The molecule has 0 spiro atoms. The Morgan fingerprint density at radius 2 is 2.19 bits per heavy atom. The number of benzene rings is 1. The van der Waals surface area contributed by atoms with Gasteiger partial charge in [-0.1, -0.05) is 22.0 Å². The van der Waals surface area contributed by atoms with Crippen molar-refractivity contribution in [3.63, 3.8) is 0 Å². The fourth-order valence-electron chi connectivity index (χ4n) is 1.50. The highest BCUT2D eigenvalue weighted by molar-refractivity contribution is 9.09. The zero-order valence-corrected chi connectivity index (χ0v) is 11.1. The molecule has 1 aromatic rings. The number of hydrogen-bond acceptors (Lipinski definition) is 2. The van der Waals surface area contributed by atoms with E-state index in [4.69, 9.17) is 0 Å². The molecule has 0 saturated carbocycles. The van der Waals surface area contributed by atoms with E-state index in [1.165, 1.54) is 0 Å². The predicted molar refractivity (Wildman–Crippen MR) is 68.2 cm³/mol. The van der Waals surface area contributed by atoms with Crippen LogP contribution >= 0.6 is 15.9 Å². The summed E-state index contributed by atoms with van der Waals surface area (Å²) in [4.78, 5) is 13.7. The summed E-state index contributed by atoms with van der Waals surface area (Å²) in [6, 6.07) is 5.11. The average molecular weight is 286 g/mol. The second-order valence-corrected chi connectivity index (χ2v) is 4.39. The summed E-state index contributed by atoms with van der Waals surface area (Å²) in [6.45, 7) is 5.08. The van der Waals surface area contributed by atoms with Crippen molar-refractivity contribution in [1.29, 1.82) is 0 Å². The molecule has 0 aliphatic heterocycles. The highest BCUT2D eigenvalue weighted by atomic mass is 79.9. The molecule has 0 saturated heterocycles. The molecule has 16 heavy (non-hydrogen) atoms. The Balaban J connectivity index is 2.94. The standard InChI is InChI=1S/C12H16BrNO2/c1-3-14(7-6-13)12(16)10-5-4-9(2)8-11(10)15/h4-5,8,15H,3,6-7H2,1-2H3. The Morgan fingerprint density at radius 3 is 2.69 bits per heavy atom. The molecular formula is C12H16BrNO2. The molecular weight excluding hydrogens is 270 g/mol. The molecule has 0 aliphatic rings. The molecule has 1 rings (SSSR count). The van der Waals surface area contributed by atoms with Crippen LogP contribution in [0.5, 0.6) is 5.75 Å². The van der Waals surface area contributed by atoms with Gasteiger partial charge in [0.2, 0.25) is 0 Å². The van der Waals surface area contributed by atoms with Crippen molar-refractivity contribution in [3.8, 4) is 5.75 Å². The van der Waals surface area contributed by atoms with E-state index in [1.807, 2.05) is 19.9 Å². The summed E-state index contributed by atoms with van der Waals surface area (Å²) < 4.78 is 0. The summed E-state index contributed by atoms with van der Waals surface area (Å²) >= 11 is 3.31. The van der Waals surface area contributed by atoms with Crippen molar-refractivity contribution in [1.82, 2.24) is 4.90 Å². The predicted octanol–water partition coefficient (Wildman–Crippen LogP) is 2.56. The van der Waals surface area contributed by atoms with Crippen molar-refractivity contribution < 1.29 is 9.90 Å². The number of aromatic hydroxyl groups is 1. The zero-order valence-electron chi connectivity index (χ0n) is 9.53. The molecule has 1 amide bonds. The Hall–Kier alpha value is -1.03. The van der Waals surface area contributed by atoms with Gasteiger partial charge in [-0.3, -0.25) is 4.79 Å². The van der Waals surface area contributed by atoms with Crippen molar-refractivity contribution in [3.05, 3.63) is 29.3 Å². The maximum Gasteiger partial charge on any atom is 0.257 e. The van der Waals surface area contributed by atoms with Crippen molar-refractivity contribution in [2.45, 2.75) is 13.8 Å². The average Bonchev–Trinajstić information content (AvgIpc) is 2.25. The number of carbonyl (C=O) groups is 1. The maximum absolute atomic E-state index is 12.0. The largest absolute Gasteiger partial charge is 0.507 e. The third-order valence-electron chi connectivity index (χ3n) is 2.41. The first-order valence-electron chi connectivity index (χ1n) is 5.25. The second kappa shape index (κ2) is 5.89. The van der Waals surface area contributed by atoms with E-state index < -0.39 is 0 Å². The second-order valence-electron chi connectivity index (χ2n) is 3.59. The van der Waals surface area contributed by atoms with Gasteiger partial charge in [-0.05, 0) is 31.5 Å². The molecule has 88 valence electrons. The summed E-state index contributed by atoms with van der Waals surface area (Å²) in [5, 5.41) is 10.5. The van der Waals surface area contributed by atoms with Gasteiger partial charge in [-0.15, -0.1) is 0 Å². The number of amides is 1. The normalized spacial score (nSPS) is 10.2. The number of halogens is 1. The van der Waals surface area contributed by atoms with E-state index in [0.717, 1.165) is 10.9 Å². The topological polar surface area (TPSA) is 40.5 Å². The van der Waals surface area contributed by atoms with Gasteiger partial charge in [0, 0.05) is 18.4 Å². The van der Waals surface area contributed by atoms with Crippen LogP contribution in [0.4, 0.5) is 0 Å². The summed E-state index contributed by atoms with van der Waals surface area (Å²) in [6.07, 6.45) is 0. The third kappa shape index (κ3) is 2.98. The van der Waals surface area contributed by atoms with Crippen LogP contribution in [-0.4, -0.2) is 34.3 Å². The molecule has 1 N–H and O–H groups in total. The van der Waals surface area contributed by atoms with Crippen LogP contribution in [0.15, 0.2) is 18.2 Å². The molecule has 4 heteroatoms. The van der Waals surface area contributed by atoms with Crippen LogP contribution in [0.1, 0.15) is 22.8 Å². The minimum Gasteiger partial charge on any atom is -0.507 e. The third-order valence-corrected chi connectivity index (χ3v) is 2.76. The van der Waals surface area contributed by atoms with Gasteiger partial charge in [-0.25, -0.2) is 0 Å². The monoisotopic (exact) mass is 285 g/mol. The Kier molecular flexibility index (Phi) is 4.80. The summed E-state index contributed by atoms with van der Waals surface area (Å²) in [5.41, 5.74) is 1.31. The van der Waals surface area contributed by atoms with Gasteiger partial charge in [0.15, 0.2) is 0 Å². The van der Waals surface area contributed by atoms with E-state index in [0.29, 0.717) is 18.7 Å². The number of nitrogens with zero attached hydrogens (tertiary/aromatic N) is 1. The van der Waals surface area contributed by atoms with Crippen molar-refractivity contribution >= 4 is 21.8 Å². The summed E-state index contributed by atoms with van der Waals surface area (Å²) in [5.74, 6) is -0.0718. The first-order valence-corrected chi connectivity index (χ1v) is 6.37. The fraction of sp³-hybridized carbons (Fsp3) is 0.417. The number of phenolic OH excluding ortho intramolecular Hbond substituents is 1. The van der Waals surface area contributed by atoms with E-state index >= 15 is 0 Å². The lowest BCUT2D eigenvalue weighted by molar-refractivity contribution is 0.0772. The van der Waals surface area contributed by atoms with Crippen molar-refractivity contribution in [2.75, 3.05) is 18.4 Å². The molecule has 3 nitrogen and oxygen atoms in total. The molecule has 0 radical (unpaired) electrons. The van der Waals surface area contributed by atoms with Gasteiger partial charge in [0.1, 0.15) is 5.75 Å². The SMILES string of the molecule is CCN(CCBr)C(=O)c1ccc(C)cc1O. The lowest BCUT2D eigenvalue weighted by Gasteiger charge is -2.20. The fourth-order valence-corrected chi connectivity index (χ4v) is 1.93. The van der Waals surface area contributed by atoms with Crippen LogP contribution in [0.2, 0.25) is 0 Å². The molecule has 0 unspecified atom stereocenters. The first-order chi connectivity index (χ1) is 7.60. The Morgan fingerprint density at radius 1 is 1.50 bits per heavy atom. The highest BCUT2D eigenvalue weighted by Gasteiger charge is 2.16. The zero-order chi connectivity index (χ0) is 12.1. The highest BCUT2D eigenvalue weighted by Crippen LogP contribution is 2.20. The number of phenols is 1.